The molecule has 0 bridgehead atoms. The number of carbonyl (C=O) groups excluding carboxylic acids is 2. The van der Waals surface area contributed by atoms with Crippen LogP contribution in [0.3, 0.4) is 0 Å². The summed E-state index contributed by atoms with van der Waals surface area (Å²) in [5, 5.41) is 2.77. The summed E-state index contributed by atoms with van der Waals surface area (Å²) < 4.78 is 27.7. The van der Waals surface area contributed by atoms with E-state index in [1.165, 1.54) is 26.3 Å². The molecule has 186 valence electrons. The summed E-state index contributed by atoms with van der Waals surface area (Å²) >= 11 is 2.29. The van der Waals surface area contributed by atoms with Crippen molar-refractivity contribution in [3.63, 3.8) is 0 Å². The summed E-state index contributed by atoms with van der Waals surface area (Å²) in [5.41, 5.74) is 7.47. The van der Waals surface area contributed by atoms with Gasteiger partial charge in [0, 0.05) is 36.4 Å². The van der Waals surface area contributed by atoms with Gasteiger partial charge in [0.05, 0.1) is 6.61 Å². The minimum Gasteiger partial charge on any atom is -0.493 e. The SMILES string of the molecule is CC(=O)OC(C)(C)C(=O)NCCCn1c(Cc2cc3c(cc2I)CCO3)nc2c(N)nc(F)nc21. The van der Waals surface area contributed by atoms with E-state index in [2.05, 4.69) is 48.9 Å². The van der Waals surface area contributed by atoms with Gasteiger partial charge in [0.2, 0.25) is 0 Å². The summed E-state index contributed by atoms with van der Waals surface area (Å²) in [6.45, 7) is 5.66. The number of ether oxygens (including phenoxy) is 2. The van der Waals surface area contributed by atoms with Crippen LogP contribution in [0.4, 0.5) is 10.2 Å². The van der Waals surface area contributed by atoms with Crippen LogP contribution in [0.2, 0.25) is 0 Å². The number of carbonyl (C=O) groups is 2. The predicted molar refractivity (Wildman–Crippen MR) is 134 cm³/mol. The first kappa shape index (κ1) is 25.1. The molecule has 0 atom stereocenters. The Morgan fingerprint density at radius 1 is 1.31 bits per heavy atom. The predicted octanol–water partition coefficient (Wildman–Crippen LogP) is 2.53. The van der Waals surface area contributed by atoms with Gasteiger partial charge in [-0.15, -0.1) is 0 Å². The number of esters is 1. The maximum atomic E-state index is 14.0. The van der Waals surface area contributed by atoms with E-state index in [4.69, 9.17) is 15.2 Å². The van der Waals surface area contributed by atoms with Crippen LogP contribution in [0.25, 0.3) is 11.2 Å². The smallest absolute Gasteiger partial charge is 0.312 e. The number of aromatic nitrogens is 4. The highest BCUT2D eigenvalue weighted by molar-refractivity contribution is 14.1. The van der Waals surface area contributed by atoms with Gasteiger partial charge in [-0.1, -0.05) is 0 Å². The Balaban J connectivity index is 1.55. The molecule has 3 N–H and O–H groups in total. The Hall–Kier alpha value is -3.03. The summed E-state index contributed by atoms with van der Waals surface area (Å²) in [4.78, 5) is 35.8. The lowest BCUT2D eigenvalue weighted by Crippen LogP contribution is -2.45. The fourth-order valence-corrected chi connectivity index (χ4v) is 4.73. The topological polar surface area (TPSA) is 134 Å². The molecular formula is C23H26FIN6O4. The molecule has 1 amide bonds. The van der Waals surface area contributed by atoms with Crippen molar-refractivity contribution >= 4 is 51.4 Å². The molecule has 10 nitrogen and oxygen atoms in total. The van der Waals surface area contributed by atoms with Gasteiger partial charge in [0.1, 0.15) is 11.6 Å². The number of benzene rings is 1. The average molecular weight is 596 g/mol. The Morgan fingerprint density at radius 2 is 2.09 bits per heavy atom. The zero-order valence-electron chi connectivity index (χ0n) is 19.7. The Morgan fingerprint density at radius 3 is 2.83 bits per heavy atom. The molecule has 3 heterocycles. The summed E-state index contributed by atoms with van der Waals surface area (Å²) in [6.07, 6.45) is 0.906. The summed E-state index contributed by atoms with van der Waals surface area (Å²) in [6, 6.07) is 4.13. The third-order valence-electron chi connectivity index (χ3n) is 5.67. The van der Waals surface area contributed by atoms with E-state index >= 15 is 0 Å². The summed E-state index contributed by atoms with van der Waals surface area (Å²) in [7, 11) is 0. The number of hydrogen-bond acceptors (Lipinski definition) is 8. The van der Waals surface area contributed by atoms with Crippen LogP contribution < -0.4 is 15.8 Å². The van der Waals surface area contributed by atoms with Crippen LogP contribution in [0.15, 0.2) is 12.1 Å². The zero-order chi connectivity index (χ0) is 25.3. The van der Waals surface area contributed by atoms with Crippen LogP contribution in [-0.4, -0.2) is 50.1 Å². The number of fused-ring (bicyclic) bond motifs is 2. The lowest BCUT2D eigenvalue weighted by molar-refractivity contribution is -0.162. The van der Waals surface area contributed by atoms with Crippen LogP contribution >= 0.6 is 22.6 Å². The highest BCUT2D eigenvalue weighted by Gasteiger charge is 2.30. The van der Waals surface area contributed by atoms with Crippen molar-refractivity contribution in [2.45, 2.75) is 52.2 Å². The number of rotatable bonds is 8. The van der Waals surface area contributed by atoms with Gasteiger partial charge in [-0.3, -0.25) is 9.59 Å². The lowest BCUT2D eigenvalue weighted by Gasteiger charge is -2.23. The van der Waals surface area contributed by atoms with E-state index in [0.717, 1.165) is 21.3 Å². The average Bonchev–Trinajstić information content (AvgIpc) is 3.34. The van der Waals surface area contributed by atoms with Crippen LogP contribution in [-0.2, 0) is 33.7 Å². The van der Waals surface area contributed by atoms with E-state index in [9.17, 15) is 14.0 Å². The Bertz CT molecular complexity index is 1310. The minimum atomic E-state index is -1.28. The van der Waals surface area contributed by atoms with Crippen molar-refractivity contribution in [3.8, 4) is 5.75 Å². The van der Waals surface area contributed by atoms with Crippen molar-refractivity contribution in [2.24, 2.45) is 0 Å². The van der Waals surface area contributed by atoms with Crippen LogP contribution in [0.1, 0.15) is 44.1 Å². The molecule has 1 aliphatic heterocycles. The van der Waals surface area contributed by atoms with Crippen molar-refractivity contribution in [1.29, 1.82) is 0 Å². The number of amides is 1. The molecular weight excluding hydrogens is 570 g/mol. The fraction of sp³-hybridized carbons (Fsp3) is 0.435. The second kappa shape index (κ2) is 9.91. The molecule has 12 heteroatoms. The Kier molecular flexibility index (Phi) is 7.10. The molecule has 1 aliphatic rings. The van der Waals surface area contributed by atoms with Gasteiger partial charge in [-0.25, -0.2) is 4.98 Å². The number of nitrogens with zero attached hydrogens (tertiary/aromatic N) is 4. The number of nitrogen functional groups attached to an aromatic ring is 1. The maximum absolute atomic E-state index is 14.0. The van der Waals surface area contributed by atoms with Crippen molar-refractivity contribution in [1.82, 2.24) is 24.8 Å². The first-order valence-electron chi connectivity index (χ1n) is 11.1. The molecule has 1 aromatic carbocycles. The monoisotopic (exact) mass is 596 g/mol. The molecule has 0 fully saturated rings. The minimum absolute atomic E-state index is 0.0316. The molecule has 0 radical (unpaired) electrons. The quantitative estimate of drug-likeness (QED) is 0.176. The number of hydrogen-bond donors (Lipinski definition) is 2. The lowest BCUT2D eigenvalue weighted by atomic mass is 10.1. The van der Waals surface area contributed by atoms with Gasteiger partial charge in [-0.05, 0) is 66.1 Å². The first-order valence-corrected chi connectivity index (χ1v) is 12.2. The number of nitrogens with one attached hydrogen (secondary N) is 1. The molecule has 0 aliphatic carbocycles. The molecule has 2 aromatic heterocycles. The first-order chi connectivity index (χ1) is 16.5. The third kappa shape index (κ3) is 5.46. The second-order valence-electron chi connectivity index (χ2n) is 8.77. The number of imidazole rings is 1. The molecule has 4 rings (SSSR count). The normalized spacial score (nSPS) is 12.9. The zero-order valence-corrected chi connectivity index (χ0v) is 21.8. The maximum Gasteiger partial charge on any atom is 0.312 e. The standard InChI is InChI=1S/C23H26FIN6O4/c1-12(32)35-23(2,3)21(33)27-6-4-7-31-17(28-18-19(26)29-22(24)30-20(18)31)11-14-10-16-13(5-8-34-16)9-15(14)25/h9-10H,4-8,11H2,1-3H3,(H,27,33)(H2,26,29,30). The van der Waals surface area contributed by atoms with Crippen molar-refractivity contribution in [3.05, 3.63) is 38.7 Å². The van der Waals surface area contributed by atoms with Crippen molar-refractivity contribution < 1.29 is 23.5 Å². The molecule has 0 spiro atoms. The molecule has 35 heavy (non-hydrogen) atoms. The Labute approximate surface area is 214 Å². The van der Waals surface area contributed by atoms with E-state index < -0.39 is 23.6 Å². The number of nitrogens with two attached hydrogens (primary N) is 1. The van der Waals surface area contributed by atoms with E-state index in [-0.39, 0.29) is 5.82 Å². The molecule has 3 aromatic rings. The highest BCUT2D eigenvalue weighted by Crippen LogP contribution is 2.31. The van der Waals surface area contributed by atoms with Crippen LogP contribution in [0, 0.1) is 9.65 Å². The van der Waals surface area contributed by atoms with Gasteiger partial charge < -0.3 is 25.1 Å². The second-order valence-corrected chi connectivity index (χ2v) is 9.93. The van der Waals surface area contributed by atoms with Gasteiger partial charge in [0.15, 0.2) is 22.6 Å². The van der Waals surface area contributed by atoms with Gasteiger partial charge >= 0.3 is 12.0 Å². The van der Waals surface area contributed by atoms with E-state index in [0.29, 0.717) is 49.5 Å². The molecule has 0 saturated carbocycles. The number of anilines is 1. The highest BCUT2D eigenvalue weighted by atomic mass is 127. The van der Waals surface area contributed by atoms with Crippen LogP contribution in [0.5, 0.6) is 5.75 Å². The third-order valence-corrected chi connectivity index (χ3v) is 6.67. The fourth-order valence-electron chi connectivity index (χ4n) is 4.01. The largest absolute Gasteiger partial charge is 0.493 e. The van der Waals surface area contributed by atoms with E-state index in [1.807, 2.05) is 6.07 Å². The summed E-state index contributed by atoms with van der Waals surface area (Å²) in [5.74, 6) is 0.538. The number of aryl methyl sites for hydroxylation is 1. The molecule has 0 saturated heterocycles. The van der Waals surface area contributed by atoms with Crippen molar-refractivity contribution in [2.75, 3.05) is 18.9 Å². The van der Waals surface area contributed by atoms with Gasteiger partial charge in [-0.2, -0.15) is 14.4 Å². The van der Waals surface area contributed by atoms with E-state index in [1.54, 1.807) is 4.57 Å². The molecule has 0 unspecified atom stereocenters. The number of halogens is 2. The van der Waals surface area contributed by atoms with Gasteiger partial charge in [0.25, 0.3) is 5.91 Å².